The summed E-state index contributed by atoms with van der Waals surface area (Å²) >= 11 is 0. The van der Waals surface area contributed by atoms with E-state index in [1.54, 1.807) is 0 Å². The molecule has 0 spiro atoms. The highest BCUT2D eigenvalue weighted by Gasteiger charge is 2.21. The zero-order valence-corrected chi connectivity index (χ0v) is 11.1. The summed E-state index contributed by atoms with van der Waals surface area (Å²) in [6.45, 7) is 3.35. The molecule has 1 fully saturated rings. The molecule has 0 unspecified atom stereocenters. The topological polar surface area (TPSA) is 29.0 Å². The third kappa shape index (κ3) is 3.18. The zero-order valence-electron chi connectivity index (χ0n) is 11.1. The molecule has 3 heterocycles. The molecular formula is C16H19N3. The van der Waals surface area contributed by atoms with Gasteiger partial charge in [0, 0.05) is 37.9 Å². The Kier molecular flexibility index (Phi) is 3.84. The second kappa shape index (κ2) is 5.93. The fourth-order valence-corrected chi connectivity index (χ4v) is 2.84. The van der Waals surface area contributed by atoms with E-state index in [2.05, 4.69) is 33.1 Å². The number of hydrogen-bond acceptors (Lipinski definition) is 3. The van der Waals surface area contributed by atoms with E-state index in [1.165, 1.54) is 30.5 Å². The minimum absolute atomic E-state index is 0.629. The number of rotatable bonds is 3. The van der Waals surface area contributed by atoms with Crippen molar-refractivity contribution < 1.29 is 0 Å². The lowest BCUT2D eigenvalue weighted by Crippen LogP contribution is -2.33. The van der Waals surface area contributed by atoms with Gasteiger partial charge in [-0.3, -0.25) is 14.9 Å². The Bertz CT molecular complexity index is 498. The predicted octanol–water partition coefficient (Wildman–Crippen LogP) is 2.86. The molecule has 0 N–H and O–H groups in total. The molecule has 0 saturated carbocycles. The van der Waals surface area contributed by atoms with E-state index in [-0.39, 0.29) is 0 Å². The van der Waals surface area contributed by atoms with Gasteiger partial charge in [-0.2, -0.15) is 0 Å². The fourth-order valence-electron chi connectivity index (χ4n) is 2.84. The number of hydrogen-bond donors (Lipinski definition) is 0. The van der Waals surface area contributed by atoms with Crippen molar-refractivity contribution in [3.63, 3.8) is 0 Å². The van der Waals surface area contributed by atoms with Crippen LogP contribution in [0.4, 0.5) is 0 Å². The van der Waals surface area contributed by atoms with Crippen molar-refractivity contribution in [2.45, 2.75) is 25.3 Å². The van der Waals surface area contributed by atoms with E-state index in [9.17, 15) is 0 Å². The first-order valence-electron chi connectivity index (χ1n) is 6.93. The SMILES string of the molecule is c1cncc([C@@H]2CCCN(Cc3ccncc3)C2)c1. The standard InChI is InChI=1S/C16H19N3/c1-3-15(11-18-7-1)16-4-2-10-19(13-16)12-14-5-8-17-9-6-14/h1,3,5-9,11,16H,2,4,10,12-13H2/t16-/m1/s1. The van der Waals surface area contributed by atoms with Gasteiger partial charge in [-0.1, -0.05) is 6.07 Å². The number of pyridine rings is 2. The van der Waals surface area contributed by atoms with Crippen molar-refractivity contribution in [2.24, 2.45) is 0 Å². The number of nitrogens with zero attached hydrogens (tertiary/aromatic N) is 3. The van der Waals surface area contributed by atoms with Crippen molar-refractivity contribution in [3.05, 3.63) is 60.2 Å². The highest BCUT2D eigenvalue weighted by molar-refractivity contribution is 5.16. The van der Waals surface area contributed by atoms with E-state index in [0.29, 0.717) is 5.92 Å². The summed E-state index contributed by atoms with van der Waals surface area (Å²) in [5.74, 6) is 0.629. The highest BCUT2D eigenvalue weighted by atomic mass is 15.1. The maximum atomic E-state index is 4.24. The normalized spacial score (nSPS) is 20.3. The van der Waals surface area contributed by atoms with Crippen LogP contribution in [0, 0.1) is 0 Å². The van der Waals surface area contributed by atoms with Gasteiger partial charge < -0.3 is 0 Å². The molecule has 0 radical (unpaired) electrons. The largest absolute Gasteiger partial charge is 0.298 e. The molecule has 1 aliphatic rings. The second-order valence-corrected chi connectivity index (χ2v) is 5.22. The van der Waals surface area contributed by atoms with Crippen LogP contribution in [0.1, 0.15) is 29.9 Å². The van der Waals surface area contributed by atoms with Crippen LogP contribution in [0.15, 0.2) is 49.1 Å². The minimum Gasteiger partial charge on any atom is -0.298 e. The maximum Gasteiger partial charge on any atom is 0.0303 e. The molecular weight excluding hydrogens is 234 g/mol. The Labute approximate surface area is 114 Å². The Hall–Kier alpha value is -1.74. The Morgan fingerprint density at radius 3 is 2.79 bits per heavy atom. The molecule has 1 saturated heterocycles. The molecule has 2 aromatic heterocycles. The van der Waals surface area contributed by atoms with Crippen LogP contribution >= 0.6 is 0 Å². The van der Waals surface area contributed by atoms with Gasteiger partial charge in [0.15, 0.2) is 0 Å². The summed E-state index contributed by atoms with van der Waals surface area (Å²) in [5, 5.41) is 0. The van der Waals surface area contributed by atoms with Crippen LogP contribution in [0.25, 0.3) is 0 Å². The average molecular weight is 253 g/mol. The molecule has 1 atom stereocenters. The lowest BCUT2D eigenvalue weighted by Gasteiger charge is -2.32. The van der Waals surface area contributed by atoms with E-state index < -0.39 is 0 Å². The van der Waals surface area contributed by atoms with Gasteiger partial charge in [0.2, 0.25) is 0 Å². The highest BCUT2D eigenvalue weighted by Crippen LogP contribution is 2.26. The van der Waals surface area contributed by atoms with Gasteiger partial charge in [-0.05, 0) is 54.6 Å². The zero-order chi connectivity index (χ0) is 12.9. The number of piperidine rings is 1. The first-order valence-corrected chi connectivity index (χ1v) is 6.93. The van der Waals surface area contributed by atoms with Gasteiger partial charge in [-0.25, -0.2) is 0 Å². The van der Waals surface area contributed by atoms with E-state index in [4.69, 9.17) is 0 Å². The monoisotopic (exact) mass is 253 g/mol. The van der Waals surface area contributed by atoms with Crippen molar-refractivity contribution in [2.75, 3.05) is 13.1 Å². The third-order valence-electron chi connectivity index (χ3n) is 3.82. The van der Waals surface area contributed by atoms with E-state index >= 15 is 0 Å². The Morgan fingerprint density at radius 2 is 2.00 bits per heavy atom. The van der Waals surface area contributed by atoms with Crippen LogP contribution in [0.3, 0.4) is 0 Å². The number of likely N-dealkylation sites (tertiary alicyclic amines) is 1. The lowest BCUT2D eigenvalue weighted by molar-refractivity contribution is 0.200. The Balaban J connectivity index is 1.65. The second-order valence-electron chi connectivity index (χ2n) is 5.22. The summed E-state index contributed by atoms with van der Waals surface area (Å²) < 4.78 is 0. The first kappa shape index (κ1) is 12.3. The van der Waals surface area contributed by atoms with Crippen LogP contribution in [-0.4, -0.2) is 28.0 Å². The lowest BCUT2D eigenvalue weighted by atomic mass is 9.91. The molecule has 3 heteroatoms. The van der Waals surface area contributed by atoms with Crippen LogP contribution < -0.4 is 0 Å². The van der Waals surface area contributed by atoms with Gasteiger partial charge in [0.05, 0.1) is 0 Å². The summed E-state index contributed by atoms with van der Waals surface area (Å²) in [5.41, 5.74) is 2.73. The molecule has 0 amide bonds. The van der Waals surface area contributed by atoms with Gasteiger partial charge in [-0.15, -0.1) is 0 Å². The van der Waals surface area contributed by atoms with Gasteiger partial charge in [0.1, 0.15) is 0 Å². The smallest absolute Gasteiger partial charge is 0.0303 e. The molecule has 98 valence electrons. The average Bonchev–Trinajstić information content (AvgIpc) is 2.49. The minimum atomic E-state index is 0.629. The molecule has 19 heavy (non-hydrogen) atoms. The van der Waals surface area contributed by atoms with Crippen LogP contribution in [0.2, 0.25) is 0 Å². The molecule has 2 aromatic rings. The molecule has 0 aromatic carbocycles. The summed E-state index contributed by atoms with van der Waals surface area (Å²) in [6, 6.07) is 8.45. The van der Waals surface area contributed by atoms with Crippen molar-refractivity contribution in [3.8, 4) is 0 Å². The van der Waals surface area contributed by atoms with Crippen LogP contribution in [-0.2, 0) is 6.54 Å². The summed E-state index contributed by atoms with van der Waals surface area (Å²) in [4.78, 5) is 10.9. The quantitative estimate of drug-likeness (QED) is 0.842. The predicted molar refractivity (Wildman–Crippen MR) is 75.7 cm³/mol. The van der Waals surface area contributed by atoms with E-state index in [1.807, 2.05) is 30.9 Å². The molecule has 0 aliphatic carbocycles. The van der Waals surface area contributed by atoms with Gasteiger partial charge >= 0.3 is 0 Å². The maximum absolute atomic E-state index is 4.24. The number of aromatic nitrogens is 2. The fraction of sp³-hybridized carbons (Fsp3) is 0.375. The van der Waals surface area contributed by atoms with Crippen molar-refractivity contribution >= 4 is 0 Å². The molecule has 1 aliphatic heterocycles. The third-order valence-corrected chi connectivity index (χ3v) is 3.82. The molecule has 0 bridgehead atoms. The molecule has 3 nitrogen and oxygen atoms in total. The molecule has 3 rings (SSSR count). The summed E-state index contributed by atoms with van der Waals surface area (Å²) in [7, 11) is 0. The van der Waals surface area contributed by atoms with Gasteiger partial charge in [0.25, 0.3) is 0 Å². The van der Waals surface area contributed by atoms with Crippen molar-refractivity contribution in [1.29, 1.82) is 0 Å². The van der Waals surface area contributed by atoms with Crippen LogP contribution in [0.5, 0.6) is 0 Å². The summed E-state index contributed by atoms with van der Waals surface area (Å²) in [6.07, 6.45) is 10.2. The first-order chi connectivity index (χ1) is 9.42. The Morgan fingerprint density at radius 1 is 1.11 bits per heavy atom. The van der Waals surface area contributed by atoms with Crippen molar-refractivity contribution in [1.82, 2.24) is 14.9 Å². The van der Waals surface area contributed by atoms with E-state index in [0.717, 1.165) is 13.1 Å².